The summed E-state index contributed by atoms with van der Waals surface area (Å²) >= 11 is 0. The SMILES string of the molecule is Cc1nc2cccc(C(=O)O)c2n1C(C)CC(F)(F)F. The van der Waals surface area contributed by atoms with Crippen molar-refractivity contribution < 1.29 is 23.1 Å². The number of nitrogens with zero attached hydrogens (tertiary/aromatic N) is 2. The average molecular weight is 286 g/mol. The number of carboxylic acid groups (broad SMARTS) is 1. The summed E-state index contributed by atoms with van der Waals surface area (Å²) in [5, 5.41) is 9.17. The van der Waals surface area contributed by atoms with Crippen molar-refractivity contribution in [1.29, 1.82) is 0 Å². The molecule has 0 aliphatic carbocycles. The monoisotopic (exact) mass is 286 g/mol. The minimum atomic E-state index is -4.32. The van der Waals surface area contributed by atoms with Gasteiger partial charge in [0.05, 0.1) is 23.0 Å². The fraction of sp³-hybridized carbons (Fsp3) is 0.385. The normalized spacial score (nSPS) is 13.7. The Labute approximate surface area is 112 Å². The van der Waals surface area contributed by atoms with Crippen LogP contribution in [0.3, 0.4) is 0 Å². The van der Waals surface area contributed by atoms with Gasteiger partial charge in [0.15, 0.2) is 0 Å². The van der Waals surface area contributed by atoms with Gasteiger partial charge in [-0.25, -0.2) is 9.78 Å². The Kier molecular flexibility index (Phi) is 3.45. The van der Waals surface area contributed by atoms with Crippen LogP contribution in [-0.4, -0.2) is 26.8 Å². The van der Waals surface area contributed by atoms with Crippen molar-refractivity contribution in [3.63, 3.8) is 0 Å². The first-order chi connectivity index (χ1) is 9.20. The predicted molar refractivity (Wildman–Crippen MR) is 66.8 cm³/mol. The molecule has 0 amide bonds. The van der Waals surface area contributed by atoms with E-state index in [-0.39, 0.29) is 11.1 Å². The van der Waals surface area contributed by atoms with E-state index in [0.29, 0.717) is 11.3 Å². The topological polar surface area (TPSA) is 55.1 Å². The molecule has 2 rings (SSSR count). The van der Waals surface area contributed by atoms with Gasteiger partial charge in [-0.3, -0.25) is 0 Å². The molecule has 20 heavy (non-hydrogen) atoms. The molecule has 0 aliphatic rings. The molecule has 0 spiro atoms. The summed E-state index contributed by atoms with van der Waals surface area (Å²) in [7, 11) is 0. The van der Waals surface area contributed by atoms with Crippen molar-refractivity contribution in [3.05, 3.63) is 29.6 Å². The Bertz CT molecular complexity index is 661. The molecule has 0 aliphatic heterocycles. The average Bonchev–Trinajstić information content (AvgIpc) is 2.61. The standard InChI is InChI=1S/C13H13F3N2O2/c1-7(6-13(14,15)16)18-8(2)17-10-5-3-4-9(11(10)18)12(19)20/h3-5,7H,6H2,1-2H3,(H,19,20). The summed E-state index contributed by atoms with van der Waals surface area (Å²) in [5.74, 6) is -0.818. The molecule has 0 fully saturated rings. The van der Waals surface area contributed by atoms with Crippen LogP contribution < -0.4 is 0 Å². The van der Waals surface area contributed by atoms with Gasteiger partial charge in [0.2, 0.25) is 0 Å². The summed E-state index contributed by atoms with van der Waals surface area (Å²) in [4.78, 5) is 15.4. The molecule has 2 aromatic rings. The van der Waals surface area contributed by atoms with Crippen LogP contribution in [0.15, 0.2) is 18.2 Å². The van der Waals surface area contributed by atoms with Crippen LogP contribution in [0.25, 0.3) is 11.0 Å². The number of imidazole rings is 1. The summed E-state index contributed by atoms with van der Waals surface area (Å²) in [6.45, 7) is 2.97. The van der Waals surface area contributed by atoms with E-state index < -0.39 is 24.6 Å². The van der Waals surface area contributed by atoms with Crippen LogP contribution in [0.2, 0.25) is 0 Å². The predicted octanol–water partition coefficient (Wildman–Crippen LogP) is 3.56. The van der Waals surface area contributed by atoms with Crippen molar-refractivity contribution in [2.45, 2.75) is 32.5 Å². The lowest BCUT2D eigenvalue weighted by atomic mass is 10.1. The number of hydrogen-bond acceptors (Lipinski definition) is 2. The van der Waals surface area contributed by atoms with Gasteiger partial charge < -0.3 is 9.67 Å². The number of hydrogen-bond donors (Lipinski definition) is 1. The van der Waals surface area contributed by atoms with Crippen LogP contribution in [0.4, 0.5) is 13.2 Å². The molecule has 0 saturated carbocycles. The molecule has 7 heteroatoms. The lowest BCUT2D eigenvalue weighted by molar-refractivity contribution is -0.141. The van der Waals surface area contributed by atoms with Crippen molar-refractivity contribution >= 4 is 17.0 Å². The molecule has 1 atom stereocenters. The highest BCUT2D eigenvalue weighted by Gasteiger charge is 2.32. The maximum Gasteiger partial charge on any atom is 0.391 e. The molecular weight excluding hydrogens is 273 g/mol. The highest BCUT2D eigenvalue weighted by Crippen LogP contribution is 2.32. The Hall–Kier alpha value is -2.05. The molecule has 4 nitrogen and oxygen atoms in total. The number of halogens is 3. The lowest BCUT2D eigenvalue weighted by Crippen LogP contribution is -2.18. The van der Waals surface area contributed by atoms with E-state index in [4.69, 9.17) is 5.11 Å². The number of benzene rings is 1. The van der Waals surface area contributed by atoms with Crippen LogP contribution in [0.1, 0.15) is 35.6 Å². The van der Waals surface area contributed by atoms with E-state index in [1.807, 2.05) is 0 Å². The maximum absolute atomic E-state index is 12.5. The molecule has 0 radical (unpaired) electrons. The van der Waals surface area contributed by atoms with E-state index in [1.165, 1.54) is 23.6 Å². The van der Waals surface area contributed by atoms with E-state index in [0.717, 1.165) is 0 Å². The van der Waals surface area contributed by atoms with Crippen LogP contribution in [0.5, 0.6) is 0 Å². The van der Waals surface area contributed by atoms with Crippen molar-refractivity contribution in [2.75, 3.05) is 0 Å². The van der Waals surface area contributed by atoms with E-state index >= 15 is 0 Å². The summed E-state index contributed by atoms with van der Waals surface area (Å²) < 4.78 is 39.0. The zero-order valence-corrected chi connectivity index (χ0v) is 10.9. The van der Waals surface area contributed by atoms with Gasteiger partial charge in [-0.05, 0) is 26.0 Å². The Morgan fingerprint density at radius 2 is 2.10 bits per heavy atom. The summed E-state index contributed by atoms with van der Waals surface area (Å²) in [6.07, 6.45) is -5.35. The molecular formula is C13H13F3N2O2. The molecule has 1 heterocycles. The molecule has 108 valence electrons. The number of para-hydroxylation sites is 1. The first kappa shape index (κ1) is 14.4. The Morgan fingerprint density at radius 3 is 2.65 bits per heavy atom. The second-order valence-corrected chi connectivity index (χ2v) is 4.68. The third-order valence-corrected chi connectivity index (χ3v) is 3.08. The van der Waals surface area contributed by atoms with Gasteiger partial charge in [-0.2, -0.15) is 13.2 Å². The second kappa shape index (κ2) is 4.81. The number of aromatic nitrogens is 2. The second-order valence-electron chi connectivity index (χ2n) is 4.68. The number of carboxylic acids is 1. The highest BCUT2D eigenvalue weighted by molar-refractivity contribution is 6.01. The molecule has 1 aromatic heterocycles. The van der Waals surface area contributed by atoms with E-state index in [1.54, 1.807) is 13.0 Å². The molecule has 0 bridgehead atoms. The van der Waals surface area contributed by atoms with Crippen molar-refractivity contribution in [2.24, 2.45) is 0 Å². The number of fused-ring (bicyclic) bond motifs is 1. The minimum absolute atomic E-state index is 0.0443. The van der Waals surface area contributed by atoms with Gasteiger partial charge >= 0.3 is 12.1 Å². The number of aryl methyl sites for hydroxylation is 1. The summed E-state index contributed by atoms with van der Waals surface area (Å²) in [5.41, 5.74) is 0.572. The van der Waals surface area contributed by atoms with E-state index in [2.05, 4.69) is 4.98 Å². The fourth-order valence-electron chi connectivity index (χ4n) is 2.40. The Balaban J connectivity index is 2.63. The van der Waals surface area contributed by atoms with Crippen molar-refractivity contribution in [1.82, 2.24) is 9.55 Å². The van der Waals surface area contributed by atoms with Crippen LogP contribution >= 0.6 is 0 Å². The highest BCUT2D eigenvalue weighted by atomic mass is 19.4. The zero-order valence-electron chi connectivity index (χ0n) is 10.9. The summed E-state index contributed by atoms with van der Waals surface area (Å²) in [6, 6.07) is 3.56. The number of rotatable bonds is 3. The first-order valence-corrected chi connectivity index (χ1v) is 5.98. The van der Waals surface area contributed by atoms with Gasteiger partial charge in [0.1, 0.15) is 5.82 Å². The van der Waals surface area contributed by atoms with Crippen LogP contribution in [0, 0.1) is 6.92 Å². The number of alkyl halides is 3. The van der Waals surface area contributed by atoms with E-state index in [9.17, 15) is 18.0 Å². The minimum Gasteiger partial charge on any atom is -0.478 e. The molecule has 1 N–H and O–H groups in total. The van der Waals surface area contributed by atoms with Crippen LogP contribution in [-0.2, 0) is 0 Å². The van der Waals surface area contributed by atoms with Gasteiger partial charge in [-0.15, -0.1) is 0 Å². The lowest BCUT2D eigenvalue weighted by Gasteiger charge is -2.18. The van der Waals surface area contributed by atoms with Gasteiger partial charge in [-0.1, -0.05) is 6.07 Å². The largest absolute Gasteiger partial charge is 0.478 e. The fourth-order valence-corrected chi connectivity index (χ4v) is 2.40. The maximum atomic E-state index is 12.5. The smallest absolute Gasteiger partial charge is 0.391 e. The number of aromatic carboxylic acids is 1. The van der Waals surface area contributed by atoms with Gasteiger partial charge in [0.25, 0.3) is 0 Å². The quantitative estimate of drug-likeness (QED) is 0.938. The molecule has 1 unspecified atom stereocenters. The molecule has 0 saturated heterocycles. The van der Waals surface area contributed by atoms with Gasteiger partial charge in [0, 0.05) is 6.04 Å². The third-order valence-electron chi connectivity index (χ3n) is 3.08. The molecule has 1 aromatic carbocycles. The Morgan fingerprint density at radius 1 is 1.45 bits per heavy atom. The third kappa shape index (κ3) is 2.61. The zero-order chi connectivity index (χ0) is 15.1. The first-order valence-electron chi connectivity index (χ1n) is 5.98. The number of carbonyl (C=O) groups is 1. The van der Waals surface area contributed by atoms with Crippen molar-refractivity contribution in [3.8, 4) is 0 Å².